The molecule has 0 saturated heterocycles. The van der Waals surface area contributed by atoms with Crippen LogP contribution in [0.25, 0.3) is 6.08 Å². The topological polar surface area (TPSA) is 26.3 Å². The Kier molecular flexibility index (Phi) is 4.70. The minimum atomic E-state index is -0.332. The highest BCUT2D eigenvalue weighted by Gasteiger charge is 2.03. The van der Waals surface area contributed by atoms with Crippen LogP contribution < -0.4 is 0 Å². The van der Waals surface area contributed by atoms with E-state index >= 15 is 0 Å². The Hall–Kier alpha value is -1.83. The number of ether oxygens (including phenoxy) is 1. The first-order valence-corrected chi connectivity index (χ1v) is 5.59. The standard InChI is InChI=1S/C15H18O2/c1-5-14-10-13(7-6-12(14)4)8-9-17-15(16)11(2)3/h5-7,10H,1-2,8-9H2,3-4H3. The van der Waals surface area contributed by atoms with Gasteiger partial charge < -0.3 is 4.74 Å². The summed E-state index contributed by atoms with van der Waals surface area (Å²) in [6.45, 7) is 11.4. The van der Waals surface area contributed by atoms with Crippen LogP contribution in [0, 0.1) is 6.92 Å². The molecule has 0 radical (unpaired) electrons. The van der Waals surface area contributed by atoms with Crippen LogP contribution in [0.4, 0.5) is 0 Å². The highest BCUT2D eigenvalue weighted by atomic mass is 16.5. The number of esters is 1. The molecule has 0 atom stereocenters. The molecule has 0 amide bonds. The third-order valence-electron chi connectivity index (χ3n) is 2.54. The monoisotopic (exact) mass is 230 g/mol. The van der Waals surface area contributed by atoms with E-state index < -0.39 is 0 Å². The SMILES string of the molecule is C=Cc1cc(CCOC(=O)C(=C)C)ccc1C. The maximum absolute atomic E-state index is 11.2. The predicted octanol–water partition coefficient (Wildman–Crippen LogP) is 3.30. The molecule has 0 N–H and O–H groups in total. The smallest absolute Gasteiger partial charge is 0.333 e. The van der Waals surface area contributed by atoms with Gasteiger partial charge in [0.25, 0.3) is 0 Å². The van der Waals surface area contributed by atoms with Gasteiger partial charge in [-0.15, -0.1) is 0 Å². The lowest BCUT2D eigenvalue weighted by Crippen LogP contribution is -2.08. The van der Waals surface area contributed by atoms with E-state index in [-0.39, 0.29) is 5.97 Å². The molecule has 0 aliphatic rings. The fraction of sp³-hybridized carbons (Fsp3) is 0.267. The van der Waals surface area contributed by atoms with Crippen LogP contribution in [0.2, 0.25) is 0 Å². The van der Waals surface area contributed by atoms with E-state index in [9.17, 15) is 4.79 Å². The number of rotatable bonds is 5. The van der Waals surface area contributed by atoms with E-state index in [2.05, 4.69) is 19.2 Å². The van der Waals surface area contributed by atoms with E-state index in [0.29, 0.717) is 18.6 Å². The van der Waals surface area contributed by atoms with E-state index in [1.54, 1.807) is 6.92 Å². The van der Waals surface area contributed by atoms with Crippen molar-refractivity contribution in [1.29, 1.82) is 0 Å². The summed E-state index contributed by atoms with van der Waals surface area (Å²) in [4.78, 5) is 11.2. The average Bonchev–Trinajstić information content (AvgIpc) is 2.31. The van der Waals surface area contributed by atoms with Crippen LogP contribution in [0.1, 0.15) is 23.6 Å². The van der Waals surface area contributed by atoms with Crippen molar-refractivity contribution in [2.75, 3.05) is 6.61 Å². The minimum absolute atomic E-state index is 0.332. The van der Waals surface area contributed by atoms with E-state index in [4.69, 9.17) is 4.74 Å². The highest BCUT2D eigenvalue weighted by molar-refractivity contribution is 5.86. The summed E-state index contributed by atoms with van der Waals surface area (Å²) >= 11 is 0. The first kappa shape index (κ1) is 13.2. The summed E-state index contributed by atoms with van der Waals surface area (Å²) in [5, 5.41) is 0. The number of hydrogen-bond donors (Lipinski definition) is 0. The summed E-state index contributed by atoms with van der Waals surface area (Å²) in [5.74, 6) is -0.332. The molecular weight excluding hydrogens is 212 g/mol. The van der Waals surface area contributed by atoms with Gasteiger partial charge in [0.2, 0.25) is 0 Å². The van der Waals surface area contributed by atoms with Crippen LogP contribution >= 0.6 is 0 Å². The fourth-order valence-corrected chi connectivity index (χ4v) is 1.45. The molecule has 0 aliphatic heterocycles. The molecule has 0 unspecified atom stereocenters. The van der Waals surface area contributed by atoms with Gasteiger partial charge in [0, 0.05) is 12.0 Å². The molecule has 0 spiro atoms. The van der Waals surface area contributed by atoms with Crippen molar-refractivity contribution in [3.8, 4) is 0 Å². The molecule has 0 fully saturated rings. The molecule has 90 valence electrons. The zero-order chi connectivity index (χ0) is 12.8. The number of carbonyl (C=O) groups is 1. The Morgan fingerprint density at radius 3 is 2.76 bits per heavy atom. The van der Waals surface area contributed by atoms with Crippen molar-refractivity contribution in [2.45, 2.75) is 20.3 Å². The molecule has 2 heteroatoms. The van der Waals surface area contributed by atoms with Gasteiger partial charge in [0.05, 0.1) is 6.61 Å². The lowest BCUT2D eigenvalue weighted by Gasteiger charge is -2.07. The van der Waals surface area contributed by atoms with Crippen LogP contribution in [0.15, 0.2) is 36.9 Å². The van der Waals surface area contributed by atoms with Crippen molar-refractivity contribution in [2.24, 2.45) is 0 Å². The normalized spacial score (nSPS) is 9.76. The molecule has 1 aromatic carbocycles. The molecule has 0 aromatic heterocycles. The predicted molar refractivity (Wildman–Crippen MR) is 70.7 cm³/mol. The molecule has 2 nitrogen and oxygen atoms in total. The van der Waals surface area contributed by atoms with Crippen molar-refractivity contribution in [1.82, 2.24) is 0 Å². The molecule has 0 aliphatic carbocycles. The number of benzene rings is 1. The zero-order valence-electron chi connectivity index (χ0n) is 10.5. The van der Waals surface area contributed by atoms with Crippen molar-refractivity contribution < 1.29 is 9.53 Å². The lowest BCUT2D eigenvalue weighted by molar-refractivity contribution is -0.138. The Morgan fingerprint density at radius 1 is 1.47 bits per heavy atom. The van der Waals surface area contributed by atoms with Crippen molar-refractivity contribution >= 4 is 12.0 Å². The Bertz CT molecular complexity index is 444. The quantitative estimate of drug-likeness (QED) is 0.573. The summed E-state index contributed by atoms with van der Waals surface area (Å²) < 4.78 is 5.05. The minimum Gasteiger partial charge on any atom is -0.462 e. The van der Waals surface area contributed by atoms with Gasteiger partial charge in [-0.3, -0.25) is 0 Å². The van der Waals surface area contributed by atoms with Gasteiger partial charge in [0.1, 0.15) is 0 Å². The molecule has 0 heterocycles. The van der Waals surface area contributed by atoms with Crippen LogP contribution in [0.5, 0.6) is 0 Å². The Morgan fingerprint density at radius 2 is 2.18 bits per heavy atom. The largest absolute Gasteiger partial charge is 0.462 e. The van der Waals surface area contributed by atoms with Gasteiger partial charge in [-0.1, -0.05) is 37.4 Å². The number of hydrogen-bond acceptors (Lipinski definition) is 2. The molecule has 1 aromatic rings. The van der Waals surface area contributed by atoms with E-state index in [1.807, 2.05) is 25.1 Å². The number of carbonyl (C=O) groups excluding carboxylic acids is 1. The van der Waals surface area contributed by atoms with Gasteiger partial charge >= 0.3 is 5.97 Å². The maximum Gasteiger partial charge on any atom is 0.333 e. The Balaban J connectivity index is 2.55. The van der Waals surface area contributed by atoms with Crippen molar-refractivity contribution in [3.63, 3.8) is 0 Å². The molecule has 0 bridgehead atoms. The first-order chi connectivity index (χ1) is 8.04. The van der Waals surface area contributed by atoms with Gasteiger partial charge in [-0.05, 0) is 30.5 Å². The average molecular weight is 230 g/mol. The molecule has 0 saturated carbocycles. The summed E-state index contributed by atoms with van der Waals surface area (Å²) in [5.41, 5.74) is 3.89. The van der Waals surface area contributed by atoms with E-state index in [1.165, 1.54) is 5.56 Å². The molecule has 1 rings (SSSR count). The van der Waals surface area contributed by atoms with Crippen LogP contribution in [0.3, 0.4) is 0 Å². The van der Waals surface area contributed by atoms with Gasteiger partial charge in [0.15, 0.2) is 0 Å². The van der Waals surface area contributed by atoms with E-state index in [0.717, 1.165) is 11.1 Å². The fourth-order valence-electron chi connectivity index (χ4n) is 1.45. The summed E-state index contributed by atoms with van der Waals surface area (Å²) in [7, 11) is 0. The summed E-state index contributed by atoms with van der Waals surface area (Å²) in [6, 6.07) is 6.15. The van der Waals surface area contributed by atoms with Crippen LogP contribution in [-0.4, -0.2) is 12.6 Å². The second-order valence-electron chi connectivity index (χ2n) is 4.06. The summed E-state index contributed by atoms with van der Waals surface area (Å²) in [6.07, 6.45) is 2.54. The van der Waals surface area contributed by atoms with Crippen LogP contribution in [-0.2, 0) is 16.0 Å². The number of aryl methyl sites for hydroxylation is 1. The highest BCUT2D eigenvalue weighted by Crippen LogP contribution is 2.13. The second-order valence-corrected chi connectivity index (χ2v) is 4.06. The maximum atomic E-state index is 11.2. The molecular formula is C15H18O2. The van der Waals surface area contributed by atoms with Crippen molar-refractivity contribution in [3.05, 3.63) is 53.6 Å². The zero-order valence-corrected chi connectivity index (χ0v) is 10.5. The first-order valence-electron chi connectivity index (χ1n) is 5.59. The third-order valence-corrected chi connectivity index (χ3v) is 2.54. The molecule has 17 heavy (non-hydrogen) atoms. The van der Waals surface area contributed by atoms with Gasteiger partial charge in [-0.25, -0.2) is 4.79 Å². The van der Waals surface area contributed by atoms with Gasteiger partial charge in [-0.2, -0.15) is 0 Å². The second kappa shape index (κ2) is 6.04. The Labute approximate surface area is 103 Å². The lowest BCUT2D eigenvalue weighted by atomic mass is 10.0. The third kappa shape index (κ3) is 3.91.